The number of carbonyl (C=O) groups excluding carboxylic acids is 1. The highest BCUT2D eigenvalue weighted by atomic mass is 32.2. The molecule has 0 radical (unpaired) electrons. The number of pyridine rings is 1. The van der Waals surface area contributed by atoms with Crippen LogP contribution in [0.1, 0.15) is 6.92 Å². The molecular formula is C15H15N3O4S. The summed E-state index contributed by atoms with van der Waals surface area (Å²) < 4.78 is 5.12. The van der Waals surface area contributed by atoms with Gasteiger partial charge in [0.2, 0.25) is 5.91 Å². The number of anilines is 1. The number of nitrogens with one attached hydrogen (secondary N) is 1. The summed E-state index contributed by atoms with van der Waals surface area (Å²) in [7, 11) is 1.43. The number of non-ortho nitro benzene ring substituents is 1. The van der Waals surface area contributed by atoms with Crippen molar-refractivity contribution in [3.63, 3.8) is 0 Å². The fourth-order valence-corrected chi connectivity index (χ4v) is 2.60. The highest BCUT2D eigenvalue weighted by Gasteiger charge is 2.18. The van der Waals surface area contributed by atoms with Gasteiger partial charge < -0.3 is 10.1 Å². The van der Waals surface area contributed by atoms with E-state index < -0.39 is 10.2 Å². The summed E-state index contributed by atoms with van der Waals surface area (Å²) in [6, 6.07) is 9.48. The van der Waals surface area contributed by atoms with Gasteiger partial charge in [0, 0.05) is 18.3 Å². The van der Waals surface area contributed by atoms with Crippen molar-refractivity contribution >= 4 is 29.0 Å². The van der Waals surface area contributed by atoms with Gasteiger partial charge in [-0.1, -0.05) is 17.8 Å². The lowest BCUT2D eigenvalue weighted by Crippen LogP contribution is -2.22. The van der Waals surface area contributed by atoms with Crippen LogP contribution in [0.4, 0.5) is 11.4 Å². The standard InChI is InChI=1S/C15H15N3O4S/c1-10(23-14-5-3-4-8-16-14)15(19)17-12-9-11(18(20)21)6-7-13(12)22-2/h3-10H,1-2H3,(H,17,19). The lowest BCUT2D eigenvalue weighted by atomic mass is 10.2. The van der Waals surface area contributed by atoms with Crippen LogP contribution in [0.2, 0.25) is 0 Å². The number of methoxy groups -OCH3 is 1. The number of carbonyl (C=O) groups is 1. The minimum atomic E-state index is -0.527. The van der Waals surface area contributed by atoms with Gasteiger partial charge in [0.25, 0.3) is 5.69 Å². The molecule has 1 heterocycles. The number of amides is 1. The fraction of sp³-hybridized carbons (Fsp3) is 0.200. The van der Waals surface area contributed by atoms with Crippen molar-refractivity contribution in [2.24, 2.45) is 0 Å². The third kappa shape index (κ3) is 4.43. The molecule has 0 saturated heterocycles. The Kier molecular flexibility index (Phi) is 5.53. The molecular weight excluding hydrogens is 318 g/mol. The molecule has 7 nitrogen and oxygen atoms in total. The molecule has 1 unspecified atom stereocenters. The van der Waals surface area contributed by atoms with Gasteiger partial charge in [-0.05, 0) is 25.1 Å². The Labute approximate surface area is 137 Å². The molecule has 1 aromatic carbocycles. The topological polar surface area (TPSA) is 94.4 Å². The molecule has 0 bridgehead atoms. The number of nitro groups is 1. The Balaban J connectivity index is 2.12. The molecule has 0 aliphatic rings. The average molecular weight is 333 g/mol. The smallest absolute Gasteiger partial charge is 0.271 e. The van der Waals surface area contributed by atoms with E-state index in [4.69, 9.17) is 4.74 Å². The molecule has 120 valence electrons. The summed E-state index contributed by atoms with van der Waals surface area (Å²) in [5.41, 5.74) is 0.145. The molecule has 1 amide bonds. The second kappa shape index (κ2) is 7.59. The van der Waals surface area contributed by atoms with Crippen molar-refractivity contribution in [2.75, 3.05) is 12.4 Å². The second-order valence-corrected chi connectivity index (χ2v) is 5.92. The Morgan fingerprint density at radius 3 is 2.78 bits per heavy atom. The van der Waals surface area contributed by atoms with Gasteiger partial charge in [0.15, 0.2) is 0 Å². The second-order valence-electron chi connectivity index (χ2n) is 4.56. The number of ether oxygens (including phenoxy) is 1. The molecule has 8 heteroatoms. The number of benzene rings is 1. The molecule has 23 heavy (non-hydrogen) atoms. The van der Waals surface area contributed by atoms with E-state index in [9.17, 15) is 14.9 Å². The van der Waals surface area contributed by atoms with Gasteiger partial charge in [0.1, 0.15) is 5.75 Å². The summed E-state index contributed by atoms with van der Waals surface area (Å²) in [5, 5.41) is 13.8. The number of thioether (sulfide) groups is 1. The van der Waals surface area contributed by atoms with Gasteiger partial charge in [0.05, 0.1) is 28.0 Å². The van der Waals surface area contributed by atoms with Gasteiger partial charge >= 0.3 is 0 Å². The summed E-state index contributed by atoms with van der Waals surface area (Å²) in [4.78, 5) is 26.8. The average Bonchev–Trinajstić information content (AvgIpc) is 2.55. The first-order chi connectivity index (χ1) is 11.0. The zero-order valence-corrected chi connectivity index (χ0v) is 13.4. The van der Waals surface area contributed by atoms with E-state index in [0.29, 0.717) is 5.75 Å². The Hall–Kier alpha value is -2.61. The molecule has 1 atom stereocenters. The predicted molar refractivity (Wildman–Crippen MR) is 87.8 cm³/mol. The van der Waals surface area contributed by atoms with Crippen LogP contribution in [-0.2, 0) is 4.79 Å². The van der Waals surface area contributed by atoms with E-state index in [2.05, 4.69) is 10.3 Å². The lowest BCUT2D eigenvalue weighted by Gasteiger charge is -2.13. The molecule has 1 aromatic heterocycles. The molecule has 2 rings (SSSR count). The highest BCUT2D eigenvalue weighted by molar-refractivity contribution is 8.00. The maximum atomic E-state index is 12.3. The van der Waals surface area contributed by atoms with Crippen LogP contribution < -0.4 is 10.1 Å². The summed E-state index contributed by atoms with van der Waals surface area (Å²) in [6.45, 7) is 1.73. The Bertz CT molecular complexity index is 709. The van der Waals surface area contributed by atoms with E-state index in [-0.39, 0.29) is 17.3 Å². The third-order valence-corrected chi connectivity index (χ3v) is 4.01. The van der Waals surface area contributed by atoms with Crippen LogP contribution in [-0.4, -0.2) is 28.2 Å². The number of aromatic nitrogens is 1. The first-order valence-electron chi connectivity index (χ1n) is 6.72. The highest BCUT2D eigenvalue weighted by Crippen LogP contribution is 2.30. The minimum Gasteiger partial charge on any atom is -0.495 e. The lowest BCUT2D eigenvalue weighted by molar-refractivity contribution is -0.384. The molecule has 1 N–H and O–H groups in total. The number of nitrogens with zero attached hydrogens (tertiary/aromatic N) is 2. The molecule has 0 spiro atoms. The molecule has 0 fully saturated rings. The van der Waals surface area contributed by atoms with Gasteiger partial charge in [-0.3, -0.25) is 14.9 Å². The van der Waals surface area contributed by atoms with Crippen molar-refractivity contribution in [2.45, 2.75) is 17.2 Å². The van der Waals surface area contributed by atoms with Crippen LogP contribution >= 0.6 is 11.8 Å². The van der Waals surface area contributed by atoms with Crippen LogP contribution in [0.15, 0.2) is 47.6 Å². The normalized spacial score (nSPS) is 11.6. The predicted octanol–water partition coefficient (Wildman–Crippen LogP) is 3.12. The zero-order valence-electron chi connectivity index (χ0n) is 12.6. The molecule has 2 aromatic rings. The van der Waals surface area contributed by atoms with E-state index in [1.54, 1.807) is 19.2 Å². The van der Waals surface area contributed by atoms with Crippen LogP contribution in [0.5, 0.6) is 5.75 Å². The molecule has 0 aliphatic heterocycles. The van der Waals surface area contributed by atoms with Gasteiger partial charge in [-0.2, -0.15) is 0 Å². The Morgan fingerprint density at radius 1 is 1.39 bits per heavy atom. The SMILES string of the molecule is COc1ccc([N+](=O)[O-])cc1NC(=O)C(C)Sc1ccccn1. The van der Waals surface area contributed by atoms with Crippen molar-refractivity contribution in [3.05, 3.63) is 52.7 Å². The number of rotatable bonds is 6. The third-order valence-electron chi connectivity index (χ3n) is 2.96. The number of nitro benzene ring substituents is 1. The Morgan fingerprint density at radius 2 is 2.17 bits per heavy atom. The maximum absolute atomic E-state index is 12.3. The monoisotopic (exact) mass is 333 g/mol. The van der Waals surface area contributed by atoms with E-state index in [1.165, 1.54) is 37.1 Å². The van der Waals surface area contributed by atoms with E-state index >= 15 is 0 Å². The van der Waals surface area contributed by atoms with E-state index in [1.807, 2.05) is 12.1 Å². The van der Waals surface area contributed by atoms with Crippen molar-refractivity contribution in [1.82, 2.24) is 4.98 Å². The summed E-state index contributed by atoms with van der Waals surface area (Å²) in [5.74, 6) is 0.0680. The van der Waals surface area contributed by atoms with E-state index in [0.717, 1.165) is 5.03 Å². The van der Waals surface area contributed by atoms with Crippen LogP contribution in [0.25, 0.3) is 0 Å². The van der Waals surface area contributed by atoms with Crippen molar-refractivity contribution in [1.29, 1.82) is 0 Å². The first kappa shape index (κ1) is 16.8. The molecule has 0 aliphatic carbocycles. The van der Waals surface area contributed by atoms with Crippen molar-refractivity contribution < 1.29 is 14.5 Å². The zero-order chi connectivity index (χ0) is 16.8. The first-order valence-corrected chi connectivity index (χ1v) is 7.60. The largest absolute Gasteiger partial charge is 0.495 e. The quantitative estimate of drug-likeness (QED) is 0.496. The number of hydrogen-bond donors (Lipinski definition) is 1. The van der Waals surface area contributed by atoms with Crippen LogP contribution in [0.3, 0.4) is 0 Å². The molecule has 0 saturated carbocycles. The minimum absolute atomic E-state index is 0.119. The summed E-state index contributed by atoms with van der Waals surface area (Å²) >= 11 is 1.30. The van der Waals surface area contributed by atoms with Gasteiger partial charge in [-0.25, -0.2) is 4.98 Å². The van der Waals surface area contributed by atoms with Crippen molar-refractivity contribution in [3.8, 4) is 5.75 Å². The summed E-state index contributed by atoms with van der Waals surface area (Å²) in [6.07, 6.45) is 1.65. The maximum Gasteiger partial charge on any atom is 0.271 e. The fourth-order valence-electron chi connectivity index (χ4n) is 1.79. The van der Waals surface area contributed by atoms with Crippen LogP contribution in [0, 0.1) is 10.1 Å². The number of hydrogen-bond acceptors (Lipinski definition) is 6. The van der Waals surface area contributed by atoms with Gasteiger partial charge in [-0.15, -0.1) is 0 Å².